The molecule has 7 nitrogen and oxygen atoms in total. The molecule has 0 bridgehead atoms. The number of hydrogen-bond acceptors (Lipinski definition) is 5. The Hall–Kier alpha value is -3.35. The van der Waals surface area contributed by atoms with Crippen molar-refractivity contribution < 1.29 is 23.9 Å². The maximum absolute atomic E-state index is 12.1. The fraction of sp³-hybridized carbons (Fsp3) is 0.250. The van der Waals surface area contributed by atoms with E-state index in [4.69, 9.17) is 15.2 Å². The molecule has 2 rings (SSSR count). The van der Waals surface area contributed by atoms with Crippen LogP contribution in [0.15, 0.2) is 54.6 Å². The lowest BCUT2D eigenvalue weighted by atomic mass is 10.1. The van der Waals surface area contributed by atoms with Crippen LogP contribution in [-0.2, 0) is 20.7 Å². The molecule has 2 aromatic carbocycles. The lowest BCUT2D eigenvalue weighted by Crippen LogP contribution is -2.36. The van der Waals surface area contributed by atoms with Crippen molar-refractivity contribution in [3.8, 4) is 5.75 Å². The average Bonchev–Trinajstić information content (AvgIpc) is 2.67. The Balaban J connectivity index is 1.78. The third kappa shape index (κ3) is 6.81. The number of carbonyl (C=O) groups excluding carboxylic acids is 3. The third-order valence-corrected chi connectivity index (χ3v) is 3.68. The third-order valence-electron chi connectivity index (χ3n) is 3.68. The van der Waals surface area contributed by atoms with Crippen LogP contribution in [0.2, 0.25) is 0 Å². The maximum atomic E-state index is 12.1. The first-order chi connectivity index (χ1) is 13.0. The van der Waals surface area contributed by atoms with Crippen molar-refractivity contribution in [2.45, 2.75) is 19.4 Å². The number of ether oxygens (including phenoxy) is 2. The first-order valence-corrected chi connectivity index (χ1v) is 8.49. The van der Waals surface area contributed by atoms with Gasteiger partial charge in [-0.25, -0.2) is 4.79 Å². The number of esters is 1. The summed E-state index contributed by atoms with van der Waals surface area (Å²) in [6, 6.07) is 15.8. The van der Waals surface area contributed by atoms with E-state index in [1.807, 2.05) is 30.3 Å². The Morgan fingerprint density at radius 2 is 1.70 bits per heavy atom. The van der Waals surface area contributed by atoms with Crippen LogP contribution in [0, 0.1) is 0 Å². The molecule has 27 heavy (non-hydrogen) atoms. The molecule has 2 amide bonds. The minimum atomic E-state index is -0.918. The summed E-state index contributed by atoms with van der Waals surface area (Å²) in [7, 11) is 0. The van der Waals surface area contributed by atoms with E-state index in [1.54, 1.807) is 0 Å². The van der Waals surface area contributed by atoms with E-state index in [-0.39, 0.29) is 18.1 Å². The summed E-state index contributed by atoms with van der Waals surface area (Å²) in [6.45, 7) is 1.72. The summed E-state index contributed by atoms with van der Waals surface area (Å²) in [6.07, 6.45) is -0.223. The van der Waals surface area contributed by atoms with Crippen molar-refractivity contribution in [1.29, 1.82) is 0 Å². The second-order valence-corrected chi connectivity index (χ2v) is 5.85. The predicted octanol–water partition coefficient (Wildman–Crippen LogP) is 1.45. The van der Waals surface area contributed by atoms with Crippen LogP contribution in [-0.4, -0.2) is 37.0 Å². The first kappa shape index (κ1) is 20.0. The SMILES string of the molecule is C[C@H](OC(=O)c1ccc(OCC(N)=O)cc1)C(=O)NCCc1ccccc1. The molecule has 0 radical (unpaired) electrons. The van der Waals surface area contributed by atoms with Gasteiger partial charge in [0.05, 0.1) is 5.56 Å². The molecule has 2 aromatic rings. The van der Waals surface area contributed by atoms with Crippen molar-refractivity contribution in [3.63, 3.8) is 0 Å². The van der Waals surface area contributed by atoms with Crippen LogP contribution < -0.4 is 15.8 Å². The standard InChI is InChI=1S/C20H22N2O5/c1-14(19(24)22-12-11-15-5-3-2-4-6-15)27-20(25)16-7-9-17(10-8-16)26-13-18(21)23/h2-10,14H,11-13H2,1H3,(H2,21,23)(H,22,24)/t14-/m0/s1. The molecule has 3 N–H and O–H groups in total. The molecule has 0 aromatic heterocycles. The van der Waals surface area contributed by atoms with Gasteiger partial charge in [-0.1, -0.05) is 30.3 Å². The highest BCUT2D eigenvalue weighted by atomic mass is 16.5. The molecule has 0 spiro atoms. The Labute approximate surface area is 157 Å². The Bertz CT molecular complexity index is 775. The maximum Gasteiger partial charge on any atom is 0.338 e. The lowest BCUT2D eigenvalue weighted by molar-refractivity contribution is -0.129. The summed E-state index contributed by atoms with van der Waals surface area (Å²) in [5, 5.41) is 2.74. The monoisotopic (exact) mass is 370 g/mol. The topological polar surface area (TPSA) is 108 Å². The highest BCUT2D eigenvalue weighted by Crippen LogP contribution is 2.13. The number of amides is 2. The Morgan fingerprint density at radius 3 is 2.33 bits per heavy atom. The van der Waals surface area contributed by atoms with Gasteiger partial charge >= 0.3 is 5.97 Å². The van der Waals surface area contributed by atoms with E-state index >= 15 is 0 Å². The van der Waals surface area contributed by atoms with Crippen LogP contribution in [0.25, 0.3) is 0 Å². The average molecular weight is 370 g/mol. The van der Waals surface area contributed by atoms with Crippen LogP contribution in [0.4, 0.5) is 0 Å². The molecule has 0 fully saturated rings. The zero-order valence-electron chi connectivity index (χ0n) is 15.0. The van der Waals surface area contributed by atoms with E-state index in [0.717, 1.165) is 5.56 Å². The summed E-state index contributed by atoms with van der Waals surface area (Å²) in [4.78, 5) is 34.8. The van der Waals surface area contributed by atoms with E-state index in [2.05, 4.69) is 5.32 Å². The molecule has 7 heteroatoms. The second kappa shape index (κ2) is 9.96. The van der Waals surface area contributed by atoms with Gasteiger partial charge in [-0.15, -0.1) is 0 Å². The summed E-state index contributed by atoms with van der Waals surface area (Å²) < 4.78 is 10.3. The largest absolute Gasteiger partial charge is 0.484 e. The molecular formula is C20H22N2O5. The number of hydrogen-bond donors (Lipinski definition) is 2. The molecular weight excluding hydrogens is 348 g/mol. The fourth-order valence-electron chi connectivity index (χ4n) is 2.24. The summed E-state index contributed by atoms with van der Waals surface area (Å²) in [5.74, 6) is -1.18. The number of nitrogens with two attached hydrogens (primary N) is 1. The van der Waals surface area contributed by atoms with Gasteiger partial charge in [-0.3, -0.25) is 9.59 Å². The number of primary amides is 1. The van der Waals surface area contributed by atoms with E-state index in [0.29, 0.717) is 18.7 Å². The Morgan fingerprint density at radius 1 is 1.04 bits per heavy atom. The van der Waals surface area contributed by atoms with Crippen molar-refractivity contribution in [2.24, 2.45) is 5.73 Å². The molecule has 0 saturated heterocycles. The van der Waals surface area contributed by atoms with Gasteiger partial charge in [-0.05, 0) is 43.2 Å². The van der Waals surface area contributed by atoms with Crippen molar-refractivity contribution in [3.05, 3.63) is 65.7 Å². The highest BCUT2D eigenvalue weighted by Gasteiger charge is 2.18. The van der Waals surface area contributed by atoms with Gasteiger partial charge in [0.1, 0.15) is 5.75 Å². The normalized spacial score (nSPS) is 11.3. The number of nitrogens with one attached hydrogen (secondary N) is 1. The van der Waals surface area contributed by atoms with Crippen LogP contribution in [0.3, 0.4) is 0 Å². The summed E-state index contributed by atoms with van der Waals surface area (Å²) >= 11 is 0. The quantitative estimate of drug-likeness (QED) is 0.650. The molecule has 0 aliphatic rings. The molecule has 0 heterocycles. The van der Waals surface area contributed by atoms with Gasteiger partial charge in [-0.2, -0.15) is 0 Å². The van der Waals surface area contributed by atoms with Gasteiger partial charge in [0.15, 0.2) is 12.7 Å². The first-order valence-electron chi connectivity index (χ1n) is 8.49. The van der Waals surface area contributed by atoms with E-state index < -0.39 is 18.0 Å². The van der Waals surface area contributed by atoms with Gasteiger partial charge in [0, 0.05) is 6.54 Å². The Kier molecular flexibility index (Phi) is 7.37. The van der Waals surface area contributed by atoms with Crippen LogP contribution >= 0.6 is 0 Å². The number of rotatable bonds is 9. The minimum Gasteiger partial charge on any atom is -0.484 e. The van der Waals surface area contributed by atoms with Crippen LogP contribution in [0.1, 0.15) is 22.8 Å². The van der Waals surface area contributed by atoms with Gasteiger partial charge in [0.25, 0.3) is 11.8 Å². The second-order valence-electron chi connectivity index (χ2n) is 5.85. The molecule has 0 saturated carbocycles. The van der Waals surface area contributed by atoms with Gasteiger partial charge in [0.2, 0.25) is 0 Å². The molecule has 0 unspecified atom stereocenters. The number of carbonyl (C=O) groups is 3. The van der Waals surface area contributed by atoms with Crippen LogP contribution in [0.5, 0.6) is 5.75 Å². The molecule has 0 aliphatic carbocycles. The fourth-order valence-corrected chi connectivity index (χ4v) is 2.24. The minimum absolute atomic E-state index is 0.246. The lowest BCUT2D eigenvalue weighted by Gasteiger charge is -2.14. The smallest absolute Gasteiger partial charge is 0.338 e. The zero-order chi connectivity index (χ0) is 19.6. The van der Waals surface area contributed by atoms with E-state index in [9.17, 15) is 14.4 Å². The molecule has 1 atom stereocenters. The van der Waals surface area contributed by atoms with Crippen molar-refractivity contribution >= 4 is 17.8 Å². The highest BCUT2D eigenvalue weighted by molar-refractivity contribution is 5.92. The van der Waals surface area contributed by atoms with Crippen molar-refractivity contribution in [1.82, 2.24) is 5.32 Å². The van der Waals surface area contributed by atoms with Gasteiger partial charge < -0.3 is 20.5 Å². The molecule has 142 valence electrons. The molecule has 0 aliphatic heterocycles. The van der Waals surface area contributed by atoms with Crippen molar-refractivity contribution in [2.75, 3.05) is 13.2 Å². The number of benzene rings is 2. The predicted molar refractivity (Wildman–Crippen MR) is 99.2 cm³/mol. The zero-order valence-corrected chi connectivity index (χ0v) is 15.0. The summed E-state index contributed by atoms with van der Waals surface area (Å²) in [5.41, 5.74) is 6.37. The van der Waals surface area contributed by atoms with E-state index in [1.165, 1.54) is 31.2 Å².